The third-order valence-electron chi connectivity index (χ3n) is 3.85. The molecule has 0 saturated heterocycles. The summed E-state index contributed by atoms with van der Waals surface area (Å²) in [6, 6.07) is 13.6. The summed E-state index contributed by atoms with van der Waals surface area (Å²) in [5.74, 6) is -0.217. The van der Waals surface area contributed by atoms with Gasteiger partial charge in [0, 0.05) is 19.2 Å². The van der Waals surface area contributed by atoms with Crippen molar-refractivity contribution in [1.82, 2.24) is 20.1 Å². The van der Waals surface area contributed by atoms with Gasteiger partial charge in [0.1, 0.15) is 5.82 Å². The van der Waals surface area contributed by atoms with Crippen LogP contribution in [0.2, 0.25) is 0 Å². The Balaban J connectivity index is 2.04. The summed E-state index contributed by atoms with van der Waals surface area (Å²) in [5, 5.41) is 7.08. The molecule has 1 N–H and O–H groups in total. The van der Waals surface area contributed by atoms with Crippen LogP contribution in [0.5, 0.6) is 0 Å². The molecule has 0 spiro atoms. The van der Waals surface area contributed by atoms with E-state index in [0.29, 0.717) is 24.5 Å². The number of para-hydroxylation sites is 1. The van der Waals surface area contributed by atoms with E-state index < -0.39 is 5.91 Å². The summed E-state index contributed by atoms with van der Waals surface area (Å²) < 4.78 is 19.8. The summed E-state index contributed by atoms with van der Waals surface area (Å²) in [6.45, 7) is 2.71. The first kappa shape index (κ1) is 17.8. The van der Waals surface area contributed by atoms with E-state index in [-0.39, 0.29) is 11.6 Å². The van der Waals surface area contributed by atoms with Gasteiger partial charge in [0.05, 0.1) is 12.3 Å². The van der Waals surface area contributed by atoms with E-state index in [9.17, 15) is 9.18 Å². The Morgan fingerprint density at radius 1 is 1.19 bits per heavy atom. The van der Waals surface area contributed by atoms with Crippen LogP contribution >= 0.6 is 0 Å². The highest BCUT2D eigenvalue weighted by Crippen LogP contribution is 2.23. The minimum atomic E-state index is -0.391. The number of amides is 1. The van der Waals surface area contributed by atoms with E-state index in [1.165, 1.54) is 12.1 Å². The molecule has 0 unspecified atom stereocenters. The van der Waals surface area contributed by atoms with Crippen LogP contribution in [0.4, 0.5) is 4.39 Å². The minimum absolute atomic E-state index is 0.0451. The summed E-state index contributed by atoms with van der Waals surface area (Å²) in [5.41, 5.74) is 2.44. The van der Waals surface area contributed by atoms with Gasteiger partial charge >= 0.3 is 0 Å². The molecule has 0 bridgehead atoms. The van der Waals surface area contributed by atoms with Crippen LogP contribution in [0.3, 0.4) is 0 Å². The third-order valence-corrected chi connectivity index (χ3v) is 3.85. The quantitative estimate of drug-likeness (QED) is 0.691. The number of aryl methyl sites for hydroxylation is 1. The number of methoxy groups -OCH3 is 1. The number of hydrogen-bond donors (Lipinski definition) is 1. The highest BCUT2D eigenvalue weighted by atomic mass is 19.1. The van der Waals surface area contributed by atoms with E-state index in [0.717, 1.165) is 11.3 Å². The second kappa shape index (κ2) is 7.88. The van der Waals surface area contributed by atoms with Crippen LogP contribution in [0.15, 0.2) is 48.5 Å². The van der Waals surface area contributed by atoms with Gasteiger partial charge in [-0.15, -0.1) is 5.10 Å². The average molecular weight is 354 g/mol. The predicted molar refractivity (Wildman–Crippen MR) is 95.7 cm³/mol. The fraction of sp³-hybridized carbons (Fsp3) is 0.211. The molecular formula is C19H19FN4O2. The topological polar surface area (TPSA) is 69.0 Å². The van der Waals surface area contributed by atoms with Gasteiger partial charge in [-0.25, -0.2) is 14.1 Å². The number of ether oxygens (including phenoxy) is 1. The van der Waals surface area contributed by atoms with E-state index in [1.807, 2.05) is 31.2 Å². The first-order valence-electron chi connectivity index (χ1n) is 8.16. The standard InChI is InChI=1S/C19H19FN4O2/c1-13-5-3-4-6-16(13)24-18(14-7-9-15(20)10-8-14)22-17(23-24)19(25)21-11-12-26-2/h3-10H,11-12H2,1-2H3,(H,21,25). The largest absolute Gasteiger partial charge is 0.383 e. The zero-order valence-corrected chi connectivity index (χ0v) is 14.6. The average Bonchev–Trinajstić information content (AvgIpc) is 3.08. The van der Waals surface area contributed by atoms with Crippen molar-refractivity contribution in [3.8, 4) is 17.1 Å². The van der Waals surface area contributed by atoms with E-state index in [1.54, 1.807) is 23.9 Å². The van der Waals surface area contributed by atoms with Crippen molar-refractivity contribution in [2.45, 2.75) is 6.92 Å². The SMILES string of the molecule is COCCNC(=O)c1nc(-c2ccc(F)cc2)n(-c2ccccc2C)n1. The molecule has 0 saturated carbocycles. The Kier molecular flexibility index (Phi) is 5.38. The molecule has 1 aromatic heterocycles. The van der Waals surface area contributed by atoms with Crippen LogP contribution in [0.25, 0.3) is 17.1 Å². The normalized spacial score (nSPS) is 10.7. The molecule has 7 heteroatoms. The van der Waals surface area contributed by atoms with Crippen LogP contribution in [-0.2, 0) is 4.74 Å². The maximum Gasteiger partial charge on any atom is 0.291 e. The number of rotatable bonds is 6. The summed E-state index contributed by atoms with van der Waals surface area (Å²) >= 11 is 0. The van der Waals surface area contributed by atoms with Crippen molar-refractivity contribution in [3.05, 3.63) is 65.7 Å². The van der Waals surface area contributed by atoms with Crippen molar-refractivity contribution >= 4 is 5.91 Å². The lowest BCUT2D eigenvalue weighted by atomic mass is 10.1. The van der Waals surface area contributed by atoms with Gasteiger partial charge in [-0.05, 0) is 42.8 Å². The highest BCUT2D eigenvalue weighted by molar-refractivity contribution is 5.91. The number of halogens is 1. The van der Waals surface area contributed by atoms with Gasteiger partial charge in [0.25, 0.3) is 5.91 Å². The number of carbonyl (C=O) groups excluding carboxylic acids is 1. The fourth-order valence-electron chi connectivity index (χ4n) is 2.51. The minimum Gasteiger partial charge on any atom is -0.383 e. The lowest BCUT2D eigenvalue weighted by Crippen LogP contribution is -2.28. The zero-order valence-electron chi connectivity index (χ0n) is 14.6. The monoisotopic (exact) mass is 354 g/mol. The van der Waals surface area contributed by atoms with Crippen LogP contribution < -0.4 is 5.32 Å². The van der Waals surface area contributed by atoms with Crippen molar-refractivity contribution in [3.63, 3.8) is 0 Å². The lowest BCUT2D eigenvalue weighted by Gasteiger charge is -2.08. The molecule has 0 aliphatic rings. The summed E-state index contributed by atoms with van der Waals surface area (Å²) in [7, 11) is 1.56. The van der Waals surface area contributed by atoms with Crippen molar-refractivity contribution < 1.29 is 13.9 Å². The predicted octanol–water partition coefficient (Wildman–Crippen LogP) is 2.76. The van der Waals surface area contributed by atoms with Gasteiger partial charge in [-0.1, -0.05) is 18.2 Å². The fourth-order valence-corrected chi connectivity index (χ4v) is 2.51. The van der Waals surface area contributed by atoms with E-state index in [2.05, 4.69) is 15.4 Å². The number of hydrogen-bond acceptors (Lipinski definition) is 4. The molecule has 3 rings (SSSR count). The maximum atomic E-state index is 13.3. The second-order valence-electron chi connectivity index (χ2n) is 5.71. The molecule has 0 aliphatic heterocycles. The first-order valence-corrected chi connectivity index (χ1v) is 8.16. The second-order valence-corrected chi connectivity index (χ2v) is 5.71. The molecule has 0 aliphatic carbocycles. The Labute approximate surface area is 150 Å². The van der Waals surface area contributed by atoms with E-state index >= 15 is 0 Å². The summed E-state index contributed by atoms with van der Waals surface area (Å²) in [6.07, 6.45) is 0. The Bertz CT molecular complexity index is 906. The van der Waals surface area contributed by atoms with Crippen LogP contribution in [0, 0.1) is 12.7 Å². The van der Waals surface area contributed by atoms with Crippen LogP contribution in [-0.4, -0.2) is 40.9 Å². The molecule has 1 amide bonds. The smallest absolute Gasteiger partial charge is 0.291 e. The number of carbonyl (C=O) groups is 1. The number of benzene rings is 2. The molecule has 0 fully saturated rings. The van der Waals surface area contributed by atoms with Gasteiger partial charge in [-0.3, -0.25) is 4.79 Å². The third kappa shape index (κ3) is 3.78. The molecule has 2 aromatic carbocycles. The van der Waals surface area contributed by atoms with Gasteiger partial charge in [0.2, 0.25) is 5.82 Å². The first-order chi connectivity index (χ1) is 12.6. The Hall–Kier alpha value is -3.06. The van der Waals surface area contributed by atoms with Crippen molar-refractivity contribution in [1.29, 1.82) is 0 Å². The van der Waals surface area contributed by atoms with Gasteiger partial charge in [-0.2, -0.15) is 0 Å². The molecule has 134 valence electrons. The molecular weight excluding hydrogens is 335 g/mol. The highest BCUT2D eigenvalue weighted by Gasteiger charge is 2.19. The molecule has 0 radical (unpaired) electrons. The lowest BCUT2D eigenvalue weighted by molar-refractivity contribution is 0.0927. The Morgan fingerprint density at radius 2 is 1.92 bits per heavy atom. The van der Waals surface area contributed by atoms with Crippen molar-refractivity contribution in [2.75, 3.05) is 20.3 Å². The molecule has 6 nitrogen and oxygen atoms in total. The maximum absolute atomic E-state index is 13.3. The van der Waals surface area contributed by atoms with E-state index in [4.69, 9.17) is 4.74 Å². The molecule has 0 atom stereocenters. The van der Waals surface area contributed by atoms with Crippen LogP contribution in [0.1, 0.15) is 16.2 Å². The number of nitrogens with zero attached hydrogens (tertiary/aromatic N) is 3. The van der Waals surface area contributed by atoms with Crippen molar-refractivity contribution in [2.24, 2.45) is 0 Å². The number of aromatic nitrogens is 3. The summed E-state index contributed by atoms with van der Waals surface area (Å²) in [4.78, 5) is 16.7. The van der Waals surface area contributed by atoms with Gasteiger partial charge < -0.3 is 10.1 Å². The molecule has 1 heterocycles. The van der Waals surface area contributed by atoms with Gasteiger partial charge in [0.15, 0.2) is 5.82 Å². The zero-order chi connectivity index (χ0) is 18.5. The molecule has 3 aromatic rings. The molecule has 26 heavy (non-hydrogen) atoms. The number of nitrogens with one attached hydrogen (secondary N) is 1. The Morgan fingerprint density at radius 3 is 2.62 bits per heavy atom.